The number of rotatable bonds is 4. The molecule has 2 unspecified atom stereocenters. The zero-order valence-corrected chi connectivity index (χ0v) is 11.5. The van der Waals surface area contributed by atoms with Crippen molar-refractivity contribution in [1.29, 1.82) is 0 Å². The topological polar surface area (TPSA) is 25.2 Å². The van der Waals surface area contributed by atoms with Gasteiger partial charge in [-0.15, -0.1) is 0 Å². The van der Waals surface area contributed by atoms with E-state index in [0.717, 1.165) is 18.2 Å². The molecule has 0 aromatic carbocycles. The van der Waals surface area contributed by atoms with E-state index in [1.54, 1.807) is 0 Å². The van der Waals surface area contributed by atoms with Crippen LogP contribution in [-0.2, 0) is 6.54 Å². The predicted octanol–water partition coefficient (Wildman–Crippen LogP) is 4.22. The Morgan fingerprint density at radius 3 is 2.56 bits per heavy atom. The fraction of sp³-hybridized carbons (Fsp3) is 0.750. The van der Waals surface area contributed by atoms with E-state index in [2.05, 4.69) is 24.4 Å². The van der Waals surface area contributed by atoms with Gasteiger partial charge in [0.05, 0.1) is 6.54 Å². The molecule has 2 fully saturated rings. The second kappa shape index (κ2) is 5.48. The number of hydrogen-bond donors (Lipinski definition) is 1. The normalized spacial score (nSPS) is 29.2. The molecule has 3 rings (SSSR count). The summed E-state index contributed by atoms with van der Waals surface area (Å²) in [4.78, 5) is 0. The van der Waals surface area contributed by atoms with Gasteiger partial charge in [0.25, 0.3) is 0 Å². The molecular formula is C16H25NO. The van der Waals surface area contributed by atoms with Gasteiger partial charge in [0.1, 0.15) is 11.5 Å². The summed E-state index contributed by atoms with van der Waals surface area (Å²) in [6.07, 6.45) is 9.61. The average molecular weight is 247 g/mol. The van der Waals surface area contributed by atoms with Gasteiger partial charge in [-0.3, -0.25) is 0 Å². The first-order chi connectivity index (χ1) is 8.83. The molecule has 0 spiro atoms. The first-order valence-electron chi connectivity index (χ1n) is 7.65. The summed E-state index contributed by atoms with van der Waals surface area (Å²) in [6, 6.07) is 5.04. The van der Waals surface area contributed by atoms with Gasteiger partial charge in [0, 0.05) is 12.0 Å². The fourth-order valence-corrected chi connectivity index (χ4v) is 3.14. The van der Waals surface area contributed by atoms with Crippen LogP contribution >= 0.6 is 0 Å². The first-order valence-corrected chi connectivity index (χ1v) is 7.65. The van der Waals surface area contributed by atoms with Crippen LogP contribution in [0, 0.1) is 5.92 Å². The van der Waals surface area contributed by atoms with Gasteiger partial charge in [-0.2, -0.15) is 0 Å². The van der Waals surface area contributed by atoms with E-state index in [1.165, 1.54) is 50.7 Å². The van der Waals surface area contributed by atoms with Crippen LogP contribution in [0.2, 0.25) is 0 Å². The molecule has 1 heterocycles. The van der Waals surface area contributed by atoms with E-state index in [4.69, 9.17) is 4.42 Å². The van der Waals surface area contributed by atoms with Crippen molar-refractivity contribution in [1.82, 2.24) is 5.32 Å². The van der Waals surface area contributed by atoms with E-state index in [-0.39, 0.29) is 0 Å². The molecule has 2 aliphatic rings. The average Bonchev–Trinajstić information content (AvgIpc) is 3.01. The molecule has 2 atom stereocenters. The number of furan rings is 1. The Bertz CT molecular complexity index is 376. The molecule has 100 valence electrons. The van der Waals surface area contributed by atoms with Crippen LogP contribution in [0.1, 0.15) is 69.3 Å². The highest BCUT2D eigenvalue weighted by atomic mass is 16.3. The van der Waals surface area contributed by atoms with Gasteiger partial charge < -0.3 is 9.73 Å². The van der Waals surface area contributed by atoms with E-state index in [1.807, 2.05) is 0 Å². The number of hydrogen-bond acceptors (Lipinski definition) is 2. The highest BCUT2D eigenvalue weighted by Crippen LogP contribution is 2.47. The molecule has 1 N–H and O–H groups in total. The largest absolute Gasteiger partial charge is 0.464 e. The zero-order valence-electron chi connectivity index (χ0n) is 11.5. The van der Waals surface area contributed by atoms with E-state index in [9.17, 15) is 0 Å². The number of nitrogens with one attached hydrogen (secondary N) is 1. The van der Waals surface area contributed by atoms with E-state index in [0.29, 0.717) is 12.0 Å². The molecule has 0 radical (unpaired) electrons. The van der Waals surface area contributed by atoms with E-state index < -0.39 is 0 Å². The minimum absolute atomic E-state index is 0.705. The Balaban J connectivity index is 1.48. The minimum atomic E-state index is 0.705. The maximum Gasteiger partial charge on any atom is 0.117 e. The SMILES string of the molecule is CC1CC1c1ccc(CNC2CCCCCC2)o1. The molecule has 2 nitrogen and oxygen atoms in total. The van der Waals surface area contributed by atoms with Crippen LogP contribution in [0.3, 0.4) is 0 Å². The van der Waals surface area contributed by atoms with Crippen LogP contribution in [0.4, 0.5) is 0 Å². The van der Waals surface area contributed by atoms with Crippen molar-refractivity contribution in [2.75, 3.05) is 0 Å². The van der Waals surface area contributed by atoms with Crippen molar-refractivity contribution in [3.05, 3.63) is 23.7 Å². The van der Waals surface area contributed by atoms with Gasteiger partial charge in [-0.05, 0) is 37.3 Å². The predicted molar refractivity (Wildman–Crippen MR) is 73.6 cm³/mol. The molecule has 2 saturated carbocycles. The Kier molecular flexibility index (Phi) is 3.74. The van der Waals surface area contributed by atoms with Crippen LogP contribution in [0.15, 0.2) is 16.5 Å². The second-order valence-electron chi connectivity index (χ2n) is 6.19. The van der Waals surface area contributed by atoms with Crippen molar-refractivity contribution >= 4 is 0 Å². The summed E-state index contributed by atoms with van der Waals surface area (Å²) < 4.78 is 5.94. The minimum Gasteiger partial charge on any atom is -0.464 e. The van der Waals surface area contributed by atoms with Crippen molar-refractivity contribution < 1.29 is 4.42 Å². The molecule has 0 aliphatic heterocycles. The summed E-state index contributed by atoms with van der Waals surface area (Å²) >= 11 is 0. The fourth-order valence-electron chi connectivity index (χ4n) is 3.14. The molecular weight excluding hydrogens is 222 g/mol. The smallest absolute Gasteiger partial charge is 0.117 e. The molecule has 2 heteroatoms. The van der Waals surface area contributed by atoms with Gasteiger partial charge >= 0.3 is 0 Å². The molecule has 1 aromatic rings. The van der Waals surface area contributed by atoms with Crippen LogP contribution in [0.25, 0.3) is 0 Å². The summed E-state index contributed by atoms with van der Waals surface area (Å²) in [6.45, 7) is 3.21. The lowest BCUT2D eigenvalue weighted by atomic mass is 10.1. The maximum atomic E-state index is 5.94. The Morgan fingerprint density at radius 1 is 1.17 bits per heavy atom. The first kappa shape index (κ1) is 12.3. The second-order valence-corrected chi connectivity index (χ2v) is 6.19. The highest BCUT2D eigenvalue weighted by molar-refractivity contribution is 5.17. The van der Waals surface area contributed by atoms with Gasteiger partial charge in [-0.1, -0.05) is 32.6 Å². The molecule has 0 amide bonds. The van der Waals surface area contributed by atoms with Crippen molar-refractivity contribution in [3.8, 4) is 0 Å². The Hall–Kier alpha value is -0.760. The lowest BCUT2D eigenvalue weighted by Gasteiger charge is -2.14. The molecule has 18 heavy (non-hydrogen) atoms. The Labute approximate surface area is 110 Å². The molecule has 1 aromatic heterocycles. The standard InChI is InChI=1S/C16H25NO/c1-12-10-15(12)16-9-8-14(18-16)11-17-13-6-4-2-3-5-7-13/h8-9,12-13,15,17H,2-7,10-11H2,1H3. The summed E-state index contributed by atoms with van der Waals surface area (Å²) in [5, 5.41) is 3.67. The van der Waals surface area contributed by atoms with Crippen molar-refractivity contribution in [2.24, 2.45) is 5.92 Å². The van der Waals surface area contributed by atoms with Gasteiger partial charge in [-0.25, -0.2) is 0 Å². The third-order valence-electron chi connectivity index (χ3n) is 4.58. The monoisotopic (exact) mass is 247 g/mol. The van der Waals surface area contributed by atoms with Crippen LogP contribution < -0.4 is 5.32 Å². The van der Waals surface area contributed by atoms with Crippen LogP contribution in [-0.4, -0.2) is 6.04 Å². The Morgan fingerprint density at radius 2 is 1.89 bits per heavy atom. The third kappa shape index (κ3) is 2.97. The molecule has 0 saturated heterocycles. The summed E-state index contributed by atoms with van der Waals surface area (Å²) in [5.74, 6) is 3.86. The molecule has 2 aliphatic carbocycles. The quantitative estimate of drug-likeness (QED) is 0.806. The molecule has 0 bridgehead atoms. The lowest BCUT2D eigenvalue weighted by molar-refractivity contribution is 0.401. The van der Waals surface area contributed by atoms with Gasteiger partial charge in [0.15, 0.2) is 0 Å². The van der Waals surface area contributed by atoms with Crippen LogP contribution in [0.5, 0.6) is 0 Å². The van der Waals surface area contributed by atoms with Crippen molar-refractivity contribution in [2.45, 2.75) is 70.4 Å². The van der Waals surface area contributed by atoms with Crippen molar-refractivity contribution in [3.63, 3.8) is 0 Å². The highest BCUT2D eigenvalue weighted by Gasteiger charge is 2.36. The zero-order chi connectivity index (χ0) is 12.4. The third-order valence-corrected chi connectivity index (χ3v) is 4.58. The summed E-state index contributed by atoms with van der Waals surface area (Å²) in [5.41, 5.74) is 0. The maximum absolute atomic E-state index is 5.94. The van der Waals surface area contributed by atoms with Gasteiger partial charge in [0.2, 0.25) is 0 Å². The summed E-state index contributed by atoms with van der Waals surface area (Å²) in [7, 11) is 0. The van der Waals surface area contributed by atoms with E-state index >= 15 is 0 Å². The lowest BCUT2D eigenvalue weighted by Crippen LogP contribution is -2.27.